The van der Waals surface area contributed by atoms with Crippen LogP contribution in [0.25, 0.3) is 0 Å². The summed E-state index contributed by atoms with van der Waals surface area (Å²) in [7, 11) is 0. The molecule has 0 aliphatic carbocycles. The zero-order chi connectivity index (χ0) is 12.1. The van der Waals surface area contributed by atoms with Crippen molar-refractivity contribution in [1.82, 2.24) is 0 Å². The molecule has 0 aliphatic rings. The lowest BCUT2D eigenvalue weighted by Gasteiger charge is -2.07. The van der Waals surface area contributed by atoms with Crippen molar-refractivity contribution in [2.45, 2.75) is 0 Å². The summed E-state index contributed by atoms with van der Waals surface area (Å²) in [5.41, 5.74) is 1.94. The van der Waals surface area contributed by atoms with Gasteiger partial charge >= 0.3 is 0 Å². The Bertz CT molecular complexity index is 567. The van der Waals surface area contributed by atoms with Crippen molar-refractivity contribution in [1.29, 1.82) is 0 Å². The maximum atomic E-state index is 11.9. The molecule has 0 heterocycles. The first kappa shape index (κ1) is 11.0. The Labute approximate surface area is 100 Å². The minimum atomic E-state index is -0.159. The monoisotopic (exact) mass is 221 g/mol. The van der Waals surface area contributed by atoms with Crippen LogP contribution >= 0.6 is 0 Å². The number of hydrogen-bond acceptors (Lipinski definition) is 1. The molecule has 0 aromatic heterocycles. The largest absolute Gasteiger partial charge is 0.321 e. The van der Waals surface area contributed by atoms with Gasteiger partial charge in [-0.05, 0) is 24.3 Å². The zero-order valence-corrected chi connectivity index (χ0v) is 9.18. The van der Waals surface area contributed by atoms with Gasteiger partial charge in [-0.25, -0.2) is 0 Å². The fourth-order valence-electron chi connectivity index (χ4n) is 1.50. The Kier molecular flexibility index (Phi) is 3.23. The van der Waals surface area contributed by atoms with Crippen LogP contribution in [0.1, 0.15) is 15.9 Å². The van der Waals surface area contributed by atoms with Gasteiger partial charge in [0.15, 0.2) is 0 Å². The van der Waals surface area contributed by atoms with Crippen molar-refractivity contribution in [3.05, 3.63) is 65.7 Å². The SMILES string of the molecule is C#Cc1ccccc1NC(=O)c1ccccc1. The predicted molar refractivity (Wildman–Crippen MR) is 68.8 cm³/mol. The summed E-state index contributed by atoms with van der Waals surface area (Å²) in [6.45, 7) is 0. The van der Waals surface area contributed by atoms with Crippen LogP contribution in [0, 0.1) is 12.3 Å². The molecule has 1 N–H and O–H groups in total. The van der Waals surface area contributed by atoms with Crippen LogP contribution in [-0.4, -0.2) is 5.91 Å². The van der Waals surface area contributed by atoms with E-state index in [1.54, 1.807) is 24.3 Å². The molecule has 0 fully saturated rings. The van der Waals surface area contributed by atoms with E-state index in [4.69, 9.17) is 6.42 Å². The number of nitrogens with one attached hydrogen (secondary N) is 1. The molecule has 0 unspecified atom stereocenters. The maximum absolute atomic E-state index is 11.9. The van der Waals surface area contributed by atoms with Gasteiger partial charge in [0, 0.05) is 11.1 Å². The van der Waals surface area contributed by atoms with E-state index < -0.39 is 0 Å². The van der Waals surface area contributed by atoms with Crippen LogP contribution in [0.3, 0.4) is 0 Å². The minimum Gasteiger partial charge on any atom is -0.321 e. The third-order valence-electron chi connectivity index (χ3n) is 2.37. The molecule has 0 radical (unpaired) electrons. The molecule has 82 valence electrons. The molecule has 0 atom stereocenters. The topological polar surface area (TPSA) is 29.1 Å². The maximum Gasteiger partial charge on any atom is 0.255 e. The zero-order valence-electron chi connectivity index (χ0n) is 9.18. The van der Waals surface area contributed by atoms with Crippen LogP contribution in [-0.2, 0) is 0 Å². The number of para-hydroxylation sites is 1. The number of hydrogen-bond donors (Lipinski definition) is 1. The fourth-order valence-corrected chi connectivity index (χ4v) is 1.50. The Hall–Kier alpha value is -2.53. The first-order valence-corrected chi connectivity index (χ1v) is 5.23. The summed E-state index contributed by atoms with van der Waals surface area (Å²) in [6, 6.07) is 16.3. The Morgan fingerprint density at radius 2 is 1.65 bits per heavy atom. The van der Waals surface area contributed by atoms with Gasteiger partial charge < -0.3 is 5.32 Å². The average molecular weight is 221 g/mol. The molecular formula is C15H11NO. The molecule has 1 amide bonds. The van der Waals surface area contributed by atoms with Crippen molar-refractivity contribution in [3.8, 4) is 12.3 Å². The van der Waals surface area contributed by atoms with Gasteiger partial charge in [0.05, 0.1) is 5.69 Å². The summed E-state index contributed by atoms with van der Waals surface area (Å²) in [6.07, 6.45) is 5.36. The van der Waals surface area contributed by atoms with Gasteiger partial charge in [0.2, 0.25) is 0 Å². The molecule has 0 saturated carbocycles. The Balaban J connectivity index is 2.23. The van der Waals surface area contributed by atoms with Gasteiger partial charge in [-0.3, -0.25) is 4.79 Å². The molecule has 0 aliphatic heterocycles. The summed E-state index contributed by atoms with van der Waals surface area (Å²) in [5, 5.41) is 2.80. The van der Waals surface area contributed by atoms with Gasteiger partial charge in [0.1, 0.15) is 0 Å². The molecular weight excluding hydrogens is 210 g/mol. The Morgan fingerprint density at radius 1 is 1.00 bits per heavy atom. The normalized spacial score (nSPS) is 9.35. The number of anilines is 1. The standard InChI is InChI=1S/C15H11NO/c1-2-12-8-6-7-11-14(12)16-15(17)13-9-4-3-5-10-13/h1,3-11H,(H,16,17). The molecule has 2 rings (SSSR count). The van der Waals surface area contributed by atoms with Crippen LogP contribution in [0.2, 0.25) is 0 Å². The Morgan fingerprint density at radius 3 is 2.35 bits per heavy atom. The van der Waals surface area contributed by atoms with Crippen molar-refractivity contribution in [2.75, 3.05) is 5.32 Å². The molecule has 2 aromatic rings. The first-order chi connectivity index (χ1) is 8.31. The minimum absolute atomic E-state index is 0.159. The van der Waals surface area contributed by atoms with Crippen molar-refractivity contribution in [3.63, 3.8) is 0 Å². The summed E-state index contributed by atoms with van der Waals surface area (Å²) in [4.78, 5) is 11.9. The van der Waals surface area contributed by atoms with E-state index in [0.29, 0.717) is 16.8 Å². The molecule has 2 aromatic carbocycles. The van der Waals surface area contributed by atoms with Gasteiger partial charge in [0.25, 0.3) is 5.91 Å². The van der Waals surface area contributed by atoms with E-state index in [9.17, 15) is 4.79 Å². The van der Waals surface area contributed by atoms with Crippen LogP contribution in [0.5, 0.6) is 0 Å². The summed E-state index contributed by atoms with van der Waals surface area (Å²) >= 11 is 0. The van der Waals surface area contributed by atoms with Gasteiger partial charge in [-0.15, -0.1) is 6.42 Å². The second-order valence-electron chi connectivity index (χ2n) is 3.51. The summed E-state index contributed by atoms with van der Waals surface area (Å²) in [5.74, 6) is 2.38. The number of rotatable bonds is 2. The molecule has 2 nitrogen and oxygen atoms in total. The quantitative estimate of drug-likeness (QED) is 0.776. The number of carbonyl (C=O) groups excluding carboxylic acids is 1. The molecule has 2 heteroatoms. The van der Waals surface area contributed by atoms with Crippen LogP contribution < -0.4 is 5.32 Å². The van der Waals surface area contributed by atoms with E-state index in [2.05, 4.69) is 11.2 Å². The van der Waals surface area contributed by atoms with E-state index in [-0.39, 0.29) is 5.91 Å². The second kappa shape index (κ2) is 5.00. The first-order valence-electron chi connectivity index (χ1n) is 5.23. The number of carbonyl (C=O) groups is 1. The van der Waals surface area contributed by atoms with Crippen molar-refractivity contribution in [2.24, 2.45) is 0 Å². The lowest BCUT2D eigenvalue weighted by atomic mass is 10.1. The third kappa shape index (κ3) is 2.53. The highest BCUT2D eigenvalue weighted by Crippen LogP contribution is 2.14. The van der Waals surface area contributed by atoms with E-state index >= 15 is 0 Å². The van der Waals surface area contributed by atoms with Gasteiger partial charge in [-0.2, -0.15) is 0 Å². The third-order valence-corrected chi connectivity index (χ3v) is 2.37. The van der Waals surface area contributed by atoms with E-state index in [1.807, 2.05) is 30.3 Å². The van der Waals surface area contributed by atoms with Crippen LogP contribution in [0.15, 0.2) is 54.6 Å². The number of benzene rings is 2. The highest BCUT2D eigenvalue weighted by molar-refractivity contribution is 6.04. The highest BCUT2D eigenvalue weighted by Gasteiger charge is 2.06. The van der Waals surface area contributed by atoms with E-state index in [0.717, 1.165) is 0 Å². The van der Waals surface area contributed by atoms with E-state index in [1.165, 1.54) is 0 Å². The fraction of sp³-hybridized carbons (Fsp3) is 0. The average Bonchev–Trinajstić information content (AvgIpc) is 2.40. The molecule has 0 spiro atoms. The molecule has 0 saturated heterocycles. The highest BCUT2D eigenvalue weighted by atomic mass is 16.1. The van der Waals surface area contributed by atoms with Gasteiger partial charge in [-0.1, -0.05) is 36.3 Å². The smallest absolute Gasteiger partial charge is 0.255 e. The second-order valence-corrected chi connectivity index (χ2v) is 3.51. The number of amides is 1. The molecule has 0 bridgehead atoms. The lowest BCUT2D eigenvalue weighted by molar-refractivity contribution is 0.102. The number of terminal acetylenes is 1. The van der Waals surface area contributed by atoms with Crippen LogP contribution in [0.4, 0.5) is 5.69 Å². The lowest BCUT2D eigenvalue weighted by Crippen LogP contribution is -2.12. The predicted octanol–water partition coefficient (Wildman–Crippen LogP) is 2.92. The van der Waals surface area contributed by atoms with Crippen molar-refractivity contribution < 1.29 is 4.79 Å². The molecule has 17 heavy (non-hydrogen) atoms. The van der Waals surface area contributed by atoms with Crippen molar-refractivity contribution >= 4 is 11.6 Å². The summed E-state index contributed by atoms with van der Waals surface area (Å²) < 4.78 is 0.